The summed E-state index contributed by atoms with van der Waals surface area (Å²) < 4.78 is 16.4. The average Bonchev–Trinajstić information content (AvgIpc) is 2.99. The molecule has 1 aliphatic heterocycles. The first-order chi connectivity index (χ1) is 9.83. The summed E-state index contributed by atoms with van der Waals surface area (Å²) in [5.74, 6) is 6.67. The summed E-state index contributed by atoms with van der Waals surface area (Å²) in [4.78, 5) is 0. The van der Waals surface area contributed by atoms with Gasteiger partial charge in [-0.25, -0.2) is 0 Å². The topological polar surface area (TPSA) is 47.9 Å². The highest BCUT2D eigenvalue weighted by Gasteiger charge is 2.16. The zero-order valence-corrected chi connectivity index (χ0v) is 11.7. The summed E-state index contributed by atoms with van der Waals surface area (Å²) in [5, 5.41) is 8.77. The minimum Gasteiger partial charge on any atom is -0.495 e. The van der Waals surface area contributed by atoms with Gasteiger partial charge in [-0.2, -0.15) is 0 Å². The zero-order valence-electron chi connectivity index (χ0n) is 11.7. The minimum atomic E-state index is 0.0692. The number of hydrogen-bond donors (Lipinski definition) is 1. The monoisotopic (exact) mass is 276 g/mol. The lowest BCUT2D eigenvalue weighted by Crippen LogP contribution is -2.11. The van der Waals surface area contributed by atoms with Crippen molar-refractivity contribution < 1.29 is 19.3 Å². The Labute approximate surface area is 119 Å². The Morgan fingerprint density at radius 1 is 1.45 bits per heavy atom. The van der Waals surface area contributed by atoms with Crippen molar-refractivity contribution in [3.8, 4) is 17.6 Å². The molecule has 20 heavy (non-hydrogen) atoms. The predicted octanol–water partition coefficient (Wildman–Crippen LogP) is 1.73. The smallest absolute Gasteiger partial charge is 0.134 e. The van der Waals surface area contributed by atoms with Crippen LogP contribution in [-0.2, 0) is 16.1 Å². The Kier molecular flexibility index (Phi) is 5.87. The molecule has 108 valence electrons. The van der Waals surface area contributed by atoms with Gasteiger partial charge in [-0.1, -0.05) is 17.9 Å². The van der Waals surface area contributed by atoms with Crippen LogP contribution in [0.15, 0.2) is 18.2 Å². The molecule has 1 aliphatic rings. The number of rotatable bonds is 5. The van der Waals surface area contributed by atoms with Crippen molar-refractivity contribution in [1.29, 1.82) is 0 Å². The van der Waals surface area contributed by atoms with Crippen molar-refractivity contribution >= 4 is 0 Å². The molecule has 0 amide bonds. The third-order valence-corrected chi connectivity index (χ3v) is 3.10. The van der Waals surface area contributed by atoms with Crippen LogP contribution in [0.1, 0.15) is 24.0 Å². The predicted molar refractivity (Wildman–Crippen MR) is 75.6 cm³/mol. The maximum Gasteiger partial charge on any atom is 0.134 e. The Balaban J connectivity index is 2.02. The lowest BCUT2D eigenvalue weighted by atomic mass is 10.1. The molecule has 4 heteroatoms. The normalized spacial score (nSPS) is 17.6. The molecule has 0 spiro atoms. The van der Waals surface area contributed by atoms with Crippen LogP contribution in [0.5, 0.6) is 5.75 Å². The van der Waals surface area contributed by atoms with Crippen LogP contribution in [0.4, 0.5) is 0 Å². The van der Waals surface area contributed by atoms with Crippen molar-refractivity contribution in [1.82, 2.24) is 0 Å². The first-order valence-electron chi connectivity index (χ1n) is 6.79. The number of ether oxygens (including phenoxy) is 3. The molecule has 1 saturated heterocycles. The maximum atomic E-state index is 8.77. The van der Waals surface area contributed by atoms with Gasteiger partial charge in [-0.15, -0.1) is 0 Å². The molecule has 1 fully saturated rings. The third-order valence-electron chi connectivity index (χ3n) is 3.10. The molecule has 4 nitrogen and oxygen atoms in total. The number of aliphatic hydroxyl groups is 1. The molecule has 0 saturated carbocycles. The molecule has 0 aliphatic carbocycles. The Bertz CT molecular complexity index is 481. The van der Waals surface area contributed by atoms with Crippen molar-refractivity contribution in [2.45, 2.75) is 25.6 Å². The van der Waals surface area contributed by atoms with Crippen LogP contribution in [0.25, 0.3) is 0 Å². The van der Waals surface area contributed by atoms with E-state index < -0.39 is 0 Å². The highest BCUT2D eigenvalue weighted by molar-refractivity contribution is 5.48. The van der Waals surface area contributed by atoms with Gasteiger partial charge in [-0.3, -0.25) is 0 Å². The molecule has 2 rings (SSSR count). The first kappa shape index (κ1) is 14.9. The van der Waals surface area contributed by atoms with Gasteiger partial charge >= 0.3 is 0 Å². The molecule has 1 aromatic rings. The quantitative estimate of drug-likeness (QED) is 0.832. The highest BCUT2D eigenvalue weighted by atomic mass is 16.5. The Hall–Kier alpha value is -1.54. The summed E-state index contributed by atoms with van der Waals surface area (Å²) in [6, 6.07) is 5.84. The number of hydrogen-bond acceptors (Lipinski definition) is 4. The maximum absolute atomic E-state index is 8.77. The standard InChI is InChI=1S/C16H20O4/c1-18-16-6-5-13(10-14(16)4-2-3-8-17)11-20-15-7-9-19-12-15/h5-6,10,15,17H,3,7-9,11-12H2,1H3. The van der Waals surface area contributed by atoms with E-state index in [0.29, 0.717) is 19.6 Å². The van der Waals surface area contributed by atoms with Gasteiger partial charge in [0, 0.05) is 13.0 Å². The number of benzene rings is 1. The van der Waals surface area contributed by atoms with E-state index in [4.69, 9.17) is 19.3 Å². The van der Waals surface area contributed by atoms with Gasteiger partial charge < -0.3 is 19.3 Å². The largest absolute Gasteiger partial charge is 0.495 e. The Morgan fingerprint density at radius 3 is 3.05 bits per heavy atom. The molecule has 1 N–H and O–H groups in total. The third kappa shape index (κ3) is 4.24. The van der Waals surface area contributed by atoms with Gasteiger partial charge in [0.15, 0.2) is 0 Å². The lowest BCUT2D eigenvalue weighted by Gasteiger charge is -2.11. The van der Waals surface area contributed by atoms with Crippen molar-refractivity contribution in [2.75, 3.05) is 26.9 Å². The Morgan fingerprint density at radius 2 is 2.35 bits per heavy atom. The molecule has 0 aromatic heterocycles. The summed E-state index contributed by atoms with van der Waals surface area (Å²) in [5.41, 5.74) is 1.88. The van der Waals surface area contributed by atoms with Crippen LogP contribution in [0.2, 0.25) is 0 Å². The van der Waals surface area contributed by atoms with Gasteiger partial charge in [-0.05, 0) is 24.1 Å². The molecule has 0 bridgehead atoms. The number of aliphatic hydroxyl groups excluding tert-OH is 1. The molecule has 1 unspecified atom stereocenters. The molecular formula is C16H20O4. The van der Waals surface area contributed by atoms with Gasteiger partial charge in [0.2, 0.25) is 0 Å². The molecular weight excluding hydrogens is 256 g/mol. The van der Waals surface area contributed by atoms with E-state index in [0.717, 1.165) is 29.9 Å². The van der Waals surface area contributed by atoms with Crippen LogP contribution < -0.4 is 4.74 Å². The molecule has 1 atom stereocenters. The van der Waals surface area contributed by atoms with Crippen molar-refractivity contribution in [3.63, 3.8) is 0 Å². The van der Waals surface area contributed by atoms with E-state index in [9.17, 15) is 0 Å². The zero-order chi connectivity index (χ0) is 14.2. The highest BCUT2D eigenvalue weighted by Crippen LogP contribution is 2.20. The van der Waals surface area contributed by atoms with Gasteiger partial charge in [0.25, 0.3) is 0 Å². The summed E-state index contributed by atoms with van der Waals surface area (Å²) >= 11 is 0. The number of methoxy groups -OCH3 is 1. The second-order valence-corrected chi connectivity index (χ2v) is 4.61. The van der Waals surface area contributed by atoms with E-state index >= 15 is 0 Å². The second-order valence-electron chi connectivity index (χ2n) is 4.61. The van der Waals surface area contributed by atoms with Gasteiger partial charge in [0.1, 0.15) is 5.75 Å². The van der Waals surface area contributed by atoms with Crippen LogP contribution in [-0.4, -0.2) is 38.1 Å². The van der Waals surface area contributed by atoms with Crippen molar-refractivity contribution in [3.05, 3.63) is 29.3 Å². The first-order valence-corrected chi connectivity index (χ1v) is 6.79. The van der Waals surface area contributed by atoms with E-state index in [2.05, 4.69) is 11.8 Å². The van der Waals surface area contributed by atoms with E-state index in [1.54, 1.807) is 7.11 Å². The second kappa shape index (κ2) is 7.91. The summed E-state index contributed by atoms with van der Waals surface area (Å²) in [6.45, 7) is 2.08. The average molecular weight is 276 g/mol. The fourth-order valence-electron chi connectivity index (χ4n) is 2.01. The molecule has 1 aromatic carbocycles. The fourth-order valence-corrected chi connectivity index (χ4v) is 2.01. The van der Waals surface area contributed by atoms with Crippen LogP contribution in [0.3, 0.4) is 0 Å². The van der Waals surface area contributed by atoms with E-state index in [1.165, 1.54) is 0 Å². The van der Waals surface area contributed by atoms with E-state index in [1.807, 2.05) is 18.2 Å². The van der Waals surface area contributed by atoms with Crippen LogP contribution >= 0.6 is 0 Å². The SMILES string of the molecule is COc1ccc(COC2CCOC2)cc1C#CCCO. The summed E-state index contributed by atoms with van der Waals surface area (Å²) in [6.07, 6.45) is 1.61. The lowest BCUT2D eigenvalue weighted by molar-refractivity contribution is 0.0317. The van der Waals surface area contributed by atoms with Crippen molar-refractivity contribution in [2.24, 2.45) is 0 Å². The van der Waals surface area contributed by atoms with E-state index in [-0.39, 0.29) is 12.7 Å². The summed E-state index contributed by atoms with van der Waals surface area (Å²) in [7, 11) is 1.62. The minimum absolute atomic E-state index is 0.0692. The fraction of sp³-hybridized carbons (Fsp3) is 0.500. The molecule has 1 heterocycles. The van der Waals surface area contributed by atoms with Crippen LogP contribution in [0, 0.1) is 11.8 Å². The van der Waals surface area contributed by atoms with Gasteiger partial charge in [0.05, 0.1) is 38.6 Å². The molecule has 0 radical (unpaired) electrons.